The van der Waals surface area contributed by atoms with E-state index in [4.69, 9.17) is 0 Å². The third-order valence-corrected chi connectivity index (χ3v) is 4.38. The summed E-state index contributed by atoms with van der Waals surface area (Å²) in [6.45, 7) is 4.05. The normalized spacial score (nSPS) is 15.8. The Labute approximate surface area is 123 Å². The summed E-state index contributed by atoms with van der Waals surface area (Å²) >= 11 is 1.32. The standard InChI is InChI=1S/C14H21N3O2S/c1-10(2)17-8-7-12(18)16-14(17)20-9-13(19)15-11-5-3-4-6-11/h7-8,10-11H,3-6,9H2,1-2H3,(H,15,19). The highest BCUT2D eigenvalue weighted by molar-refractivity contribution is 7.99. The van der Waals surface area contributed by atoms with Crippen molar-refractivity contribution < 1.29 is 4.79 Å². The van der Waals surface area contributed by atoms with Gasteiger partial charge in [-0.3, -0.25) is 9.59 Å². The number of aromatic nitrogens is 2. The third-order valence-electron chi connectivity index (χ3n) is 3.41. The molecule has 1 aromatic heterocycles. The van der Waals surface area contributed by atoms with Crippen molar-refractivity contribution in [2.45, 2.75) is 56.8 Å². The lowest BCUT2D eigenvalue weighted by Crippen LogP contribution is -2.34. The Hall–Kier alpha value is -1.30. The third kappa shape index (κ3) is 4.10. The number of nitrogens with one attached hydrogen (secondary N) is 1. The fraction of sp³-hybridized carbons (Fsp3) is 0.643. The highest BCUT2D eigenvalue weighted by atomic mass is 32.2. The first-order valence-corrected chi connectivity index (χ1v) is 8.06. The molecule has 1 N–H and O–H groups in total. The predicted octanol–water partition coefficient (Wildman–Crippen LogP) is 1.98. The van der Waals surface area contributed by atoms with Crippen molar-refractivity contribution in [3.8, 4) is 0 Å². The van der Waals surface area contributed by atoms with Gasteiger partial charge in [0.1, 0.15) is 0 Å². The number of rotatable bonds is 5. The Kier molecular flexibility index (Phi) is 5.23. The van der Waals surface area contributed by atoms with Crippen LogP contribution in [0.2, 0.25) is 0 Å². The van der Waals surface area contributed by atoms with Crippen LogP contribution < -0.4 is 10.9 Å². The number of hydrogen-bond acceptors (Lipinski definition) is 4. The average Bonchev–Trinajstić information content (AvgIpc) is 2.89. The van der Waals surface area contributed by atoms with Crippen molar-refractivity contribution in [3.05, 3.63) is 22.6 Å². The van der Waals surface area contributed by atoms with Crippen molar-refractivity contribution >= 4 is 17.7 Å². The summed E-state index contributed by atoms with van der Waals surface area (Å²) in [6.07, 6.45) is 6.29. The van der Waals surface area contributed by atoms with Gasteiger partial charge in [0.25, 0.3) is 5.56 Å². The smallest absolute Gasteiger partial charge is 0.273 e. The molecule has 1 fully saturated rings. The van der Waals surface area contributed by atoms with Gasteiger partial charge in [-0.25, -0.2) is 0 Å². The van der Waals surface area contributed by atoms with Crippen molar-refractivity contribution in [3.63, 3.8) is 0 Å². The van der Waals surface area contributed by atoms with Crippen LogP contribution in [0.4, 0.5) is 0 Å². The summed E-state index contributed by atoms with van der Waals surface area (Å²) in [5.74, 6) is 0.329. The van der Waals surface area contributed by atoms with E-state index in [1.807, 2.05) is 18.4 Å². The lowest BCUT2D eigenvalue weighted by molar-refractivity contribution is -0.119. The minimum absolute atomic E-state index is 0.0234. The molecule has 110 valence electrons. The molecule has 1 aliphatic rings. The monoisotopic (exact) mass is 295 g/mol. The maximum absolute atomic E-state index is 11.9. The van der Waals surface area contributed by atoms with Crippen LogP contribution in [0.15, 0.2) is 22.2 Å². The minimum atomic E-state index is -0.263. The Morgan fingerprint density at radius 3 is 2.85 bits per heavy atom. The first-order valence-electron chi connectivity index (χ1n) is 7.07. The lowest BCUT2D eigenvalue weighted by Gasteiger charge is -2.15. The van der Waals surface area contributed by atoms with E-state index in [-0.39, 0.29) is 17.5 Å². The first-order chi connectivity index (χ1) is 9.56. The molecule has 0 bridgehead atoms. The van der Waals surface area contributed by atoms with Crippen LogP contribution >= 0.6 is 11.8 Å². The van der Waals surface area contributed by atoms with Gasteiger partial charge in [-0.05, 0) is 26.7 Å². The summed E-state index contributed by atoms with van der Waals surface area (Å²) in [5, 5.41) is 3.64. The molecule has 1 heterocycles. The van der Waals surface area contributed by atoms with Gasteiger partial charge in [0, 0.05) is 24.3 Å². The Morgan fingerprint density at radius 1 is 1.50 bits per heavy atom. The largest absolute Gasteiger partial charge is 0.353 e. The fourth-order valence-electron chi connectivity index (χ4n) is 2.37. The summed E-state index contributed by atoms with van der Waals surface area (Å²) in [5.41, 5.74) is -0.263. The molecular formula is C14H21N3O2S. The van der Waals surface area contributed by atoms with E-state index in [1.54, 1.807) is 6.20 Å². The summed E-state index contributed by atoms with van der Waals surface area (Å²) < 4.78 is 1.91. The van der Waals surface area contributed by atoms with Crippen LogP contribution in [0.1, 0.15) is 45.6 Å². The second kappa shape index (κ2) is 6.92. The molecule has 20 heavy (non-hydrogen) atoms. The van der Waals surface area contributed by atoms with Crippen LogP contribution in [0.3, 0.4) is 0 Å². The topological polar surface area (TPSA) is 64.0 Å². The molecule has 1 aliphatic carbocycles. The quantitative estimate of drug-likeness (QED) is 0.666. The maximum Gasteiger partial charge on any atom is 0.273 e. The average molecular weight is 295 g/mol. The molecule has 0 unspecified atom stereocenters. The van der Waals surface area contributed by atoms with Crippen molar-refractivity contribution in [2.75, 3.05) is 5.75 Å². The van der Waals surface area contributed by atoms with Crippen LogP contribution in [0.25, 0.3) is 0 Å². The molecule has 0 saturated heterocycles. The number of amides is 1. The fourth-order valence-corrected chi connectivity index (χ4v) is 3.29. The SMILES string of the molecule is CC(C)n1ccc(=O)nc1SCC(=O)NC1CCCC1. The van der Waals surface area contributed by atoms with E-state index in [0.29, 0.717) is 17.0 Å². The molecule has 1 saturated carbocycles. The predicted molar refractivity (Wildman–Crippen MR) is 80.0 cm³/mol. The van der Waals surface area contributed by atoms with Gasteiger partial charge in [0.15, 0.2) is 5.16 Å². The van der Waals surface area contributed by atoms with E-state index in [9.17, 15) is 9.59 Å². The second-order valence-corrected chi connectivity index (χ2v) is 6.33. The van der Waals surface area contributed by atoms with Crippen molar-refractivity contribution in [1.82, 2.24) is 14.9 Å². The highest BCUT2D eigenvalue weighted by Crippen LogP contribution is 2.20. The molecule has 0 aromatic carbocycles. The molecule has 6 heteroatoms. The molecule has 0 atom stereocenters. The number of thioether (sulfide) groups is 1. The number of nitrogens with zero attached hydrogens (tertiary/aromatic N) is 2. The second-order valence-electron chi connectivity index (χ2n) is 5.39. The van der Waals surface area contributed by atoms with Crippen LogP contribution in [0, 0.1) is 0 Å². The van der Waals surface area contributed by atoms with E-state index < -0.39 is 0 Å². The van der Waals surface area contributed by atoms with Gasteiger partial charge >= 0.3 is 0 Å². The van der Waals surface area contributed by atoms with E-state index >= 15 is 0 Å². The minimum Gasteiger partial charge on any atom is -0.353 e. The first kappa shape index (κ1) is 15.1. The number of carbonyl (C=O) groups is 1. The molecular weight excluding hydrogens is 274 g/mol. The van der Waals surface area contributed by atoms with Crippen molar-refractivity contribution in [1.29, 1.82) is 0 Å². The summed E-state index contributed by atoms with van der Waals surface area (Å²) in [4.78, 5) is 27.2. The molecule has 0 spiro atoms. The Morgan fingerprint density at radius 2 is 2.20 bits per heavy atom. The zero-order valence-corrected chi connectivity index (χ0v) is 12.8. The number of hydrogen-bond donors (Lipinski definition) is 1. The van der Waals surface area contributed by atoms with Gasteiger partial charge < -0.3 is 9.88 Å². The van der Waals surface area contributed by atoms with Crippen LogP contribution in [0.5, 0.6) is 0 Å². The zero-order valence-electron chi connectivity index (χ0n) is 12.0. The molecule has 1 amide bonds. The molecule has 5 nitrogen and oxygen atoms in total. The summed E-state index contributed by atoms with van der Waals surface area (Å²) in [6, 6.07) is 1.99. The Balaban J connectivity index is 1.94. The molecule has 2 rings (SSSR count). The zero-order chi connectivity index (χ0) is 14.5. The van der Waals surface area contributed by atoms with E-state index in [0.717, 1.165) is 12.8 Å². The number of carbonyl (C=O) groups excluding carboxylic acids is 1. The van der Waals surface area contributed by atoms with E-state index in [1.165, 1.54) is 30.7 Å². The Bertz CT molecular complexity index is 521. The van der Waals surface area contributed by atoms with Crippen LogP contribution in [-0.4, -0.2) is 27.3 Å². The van der Waals surface area contributed by atoms with Gasteiger partial charge in [-0.1, -0.05) is 24.6 Å². The molecule has 1 aromatic rings. The highest BCUT2D eigenvalue weighted by Gasteiger charge is 2.17. The lowest BCUT2D eigenvalue weighted by atomic mass is 10.2. The maximum atomic E-state index is 11.9. The van der Waals surface area contributed by atoms with Crippen molar-refractivity contribution in [2.24, 2.45) is 0 Å². The van der Waals surface area contributed by atoms with E-state index in [2.05, 4.69) is 10.3 Å². The molecule has 0 aliphatic heterocycles. The van der Waals surface area contributed by atoms with Gasteiger partial charge in [0.2, 0.25) is 5.91 Å². The summed E-state index contributed by atoms with van der Waals surface area (Å²) in [7, 11) is 0. The van der Waals surface area contributed by atoms with Gasteiger partial charge in [-0.15, -0.1) is 0 Å². The van der Waals surface area contributed by atoms with Crippen LogP contribution in [-0.2, 0) is 4.79 Å². The van der Waals surface area contributed by atoms with Gasteiger partial charge in [0.05, 0.1) is 5.75 Å². The molecule has 0 radical (unpaired) electrons. The van der Waals surface area contributed by atoms with Gasteiger partial charge in [-0.2, -0.15) is 4.98 Å².